The maximum absolute atomic E-state index is 12.4. The lowest BCUT2D eigenvalue weighted by atomic mass is 10.2. The molecule has 0 N–H and O–H groups in total. The fraction of sp³-hybridized carbons (Fsp3) is 0.250. The first-order chi connectivity index (χ1) is 13.3. The molecular formula is C20H22ClN3O2S2. The van der Waals surface area contributed by atoms with Crippen LogP contribution in [0.5, 0.6) is 0 Å². The van der Waals surface area contributed by atoms with E-state index in [2.05, 4.69) is 4.98 Å². The molecule has 3 aromatic rings. The number of fused-ring (bicyclic) bond motifs is 1. The van der Waals surface area contributed by atoms with Crippen molar-refractivity contribution in [1.29, 1.82) is 0 Å². The minimum atomic E-state index is -3.52. The van der Waals surface area contributed by atoms with Gasteiger partial charge in [0.25, 0.3) is 0 Å². The number of benzene rings is 2. The van der Waals surface area contributed by atoms with Crippen molar-refractivity contribution in [2.24, 2.45) is 0 Å². The Kier molecular flexibility index (Phi) is 6.19. The van der Waals surface area contributed by atoms with E-state index < -0.39 is 10.0 Å². The smallest absolute Gasteiger partial charge is 0.242 e. The zero-order chi connectivity index (χ0) is 20.5. The van der Waals surface area contributed by atoms with Crippen molar-refractivity contribution in [3.8, 4) is 0 Å². The number of halogens is 1. The van der Waals surface area contributed by atoms with Gasteiger partial charge in [0.1, 0.15) is 0 Å². The summed E-state index contributed by atoms with van der Waals surface area (Å²) in [6.07, 6.45) is 3.91. The highest BCUT2D eigenvalue weighted by Gasteiger charge is 2.20. The summed E-state index contributed by atoms with van der Waals surface area (Å²) in [5, 5.41) is 0.506. The molecule has 0 aliphatic heterocycles. The molecule has 0 amide bonds. The zero-order valence-electron chi connectivity index (χ0n) is 16.2. The molecule has 0 unspecified atom stereocenters. The average Bonchev–Trinajstić information content (AvgIpc) is 3.06. The molecule has 3 rings (SSSR count). The predicted octanol–water partition coefficient (Wildman–Crippen LogP) is 4.77. The highest BCUT2D eigenvalue weighted by molar-refractivity contribution is 7.98. The van der Waals surface area contributed by atoms with Gasteiger partial charge in [0, 0.05) is 25.5 Å². The highest BCUT2D eigenvalue weighted by Crippen LogP contribution is 2.28. The molecule has 0 aliphatic carbocycles. The minimum Gasteiger partial charge on any atom is -0.324 e. The normalized spacial score (nSPS) is 12.9. The van der Waals surface area contributed by atoms with Crippen LogP contribution in [0.15, 0.2) is 52.3 Å². The Bertz CT molecular complexity index is 1130. The molecule has 0 fully saturated rings. The summed E-state index contributed by atoms with van der Waals surface area (Å²) in [7, 11) is -0.497. The van der Waals surface area contributed by atoms with Gasteiger partial charge in [0.15, 0.2) is 5.82 Å². The molecule has 0 atom stereocenters. The number of nitrogens with zero attached hydrogens (tertiary/aromatic N) is 3. The van der Waals surface area contributed by atoms with Crippen LogP contribution in [-0.4, -0.2) is 42.6 Å². The molecule has 1 heterocycles. The quantitative estimate of drug-likeness (QED) is 0.523. The summed E-state index contributed by atoms with van der Waals surface area (Å²) in [5.41, 5.74) is 2.43. The number of hydrogen-bond acceptors (Lipinski definition) is 4. The van der Waals surface area contributed by atoms with Crippen molar-refractivity contribution in [3.63, 3.8) is 0 Å². The summed E-state index contributed by atoms with van der Waals surface area (Å²) in [5.74, 6) is 0.618. The first-order valence-corrected chi connectivity index (χ1v) is 11.8. The van der Waals surface area contributed by atoms with E-state index in [0.29, 0.717) is 22.9 Å². The fourth-order valence-corrected chi connectivity index (χ4v) is 4.50. The Hall–Kier alpha value is -1.80. The van der Waals surface area contributed by atoms with Crippen LogP contribution in [0, 0.1) is 0 Å². The van der Waals surface area contributed by atoms with E-state index in [-0.39, 0.29) is 4.90 Å². The average molecular weight is 436 g/mol. The van der Waals surface area contributed by atoms with Crippen LogP contribution in [0.1, 0.15) is 18.3 Å². The molecule has 0 radical (unpaired) electrons. The van der Waals surface area contributed by atoms with Gasteiger partial charge in [0.05, 0.1) is 21.0 Å². The third-order valence-corrected chi connectivity index (χ3v) is 7.27. The first kappa shape index (κ1) is 20.9. The van der Waals surface area contributed by atoms with Gasteiger partial charge in [-0.3, -0.25) is 0 Å². The minimum absolute atomic E-state index is 0.213. The largest absolute Gasteiger partial charge is 0.324 e. The molecule has 0 spiro atoms. The Balaban J connectivity index is 2.08. The second-order valence-electron chi connectivity index (χ2n) is 6.38. The van der Waals surface area contributed by atoms with Crippen LogP contribution in [0.2, 0.25) is 0 Å². The van der Waals surface area contributed by atoms with E-state index in [1.807, 2.05) is 48.1 Å². The van der Waals surface area contributed by atoms with Gasteiger partial charge in [-0.15, -0.1) is 11.8 Å². The molecule has 28 heavy (non-hydrogen) atoms. The summed E-state index contributed by atoms with van der Waals surface area (Å²) in [4.78, 5) is 6.02. The molecule has 8 heteroatoms. The lowest BCUT2D eigenvalue weighted by Gasteiger charge is -2.11. The molecule has 0 bridgehead atoms. The number of sulfonamides is 1. The van der Waals surface area contributed by atoms with Crippen LogP contribution in [0.25, 0.3) is 22.1 Å². The monoisotopic (exact) mass is 435 g/mol. The van der Waals surface area contributed by atoms with Crippen molar-refractivity contribution in [1.82, 2.24) is 13.9 Å². The van der Waals surface area contributed by atoms with Gasteiger partial charge in [-0.25, -0.2) is 17.7 Å². The second-order valence-corrected chi connectivity index (χ2v) is 9.82. The van der Waals surface area contributed by atoms with Gasteiger partial charge in [-0.05, 0) is 55.2 Å². The Labute approximate surface area is 175 Å². The van der Waals surface area contributed by atoms with Gasteiger partial charge < -0.3 is 4.57 Å². The molecule has 2 aromatic carbocycles. The number of imidazole rings is 1. The van der Waals surface area contributed by atoms with E-state index in [1.54, 1.807) is 30.0 Å². The first-order valence-electron chi connectivity index (χ1n) is 8.72. The van der Waals surface area contributed by atoms with Crippen molar-refractivity contribution >= 4 is 55.5 Å². The Morgan fingerprint density at radius 1 is 1.21 bits per heavy atom. The molecule has 148 valence electrons. The molecule has 5 nitrogen and oxygen atoms in total. The van der Waals surface area contributed by atoms with Crippen LogP contribution < -0.4 is 0 Å². The van der Waals surface area contributed by atoms with Gasteiger partial charge in [0.2, 0.25) is 10.0 Å². The SMILES string of the molecule is CCn1c(/C(Cl)=C/c2ccc(SC)cc2)nc2cc(S(=O)(=O)N(C)C)ccc21. The molecule has 1 aromatic heterocycles. The van der Waals surface area contributed by atoms with Crippen LogP contribution >= 0.6 is 23.4 Å². The number of hydrogen-bond donors (Lipinski definition) is 0. The van der Waals surface area contributed by atoms with E-state index in [1.165, 1.54) is 23.3 Å². The van der Waals surface area contributed by atoms with Crippen molar-refractivity contribution in [2.75, 3.05) is 20.4 Å². The standard InChI is InChI=1S/C20H22ClN3O2S2/c1-5-24-19-11-10-16(28(25,26)23(2)3)13-18(19)22-20(24)17(21)12-14-6-8-15(27-4)9-7-14/h6-13H,5H2,1-4H3/b17-12-. The molecule has 0 saturated carbocycles. The Morgan fingerprint density at radius 2 is 1.89 bits per heavy atom. The van der Waals surface area contributed by atoms with Crippen molar-refractivity contribution < 1.29 is 8.42 Å². The van der Waals surface area contributed by atoms with Gasteiger partial charge >= 0.3 is 0 Å². The van der Waals surface area contributed by atoms with Crippen LogP contribution in [-0.2, 0) is 16.6 Å². The summed E-state index contributed by atoms with van der Waals surface area (Å²) in [6.45, 7) is 2.67. The summed E-state index contributed by atoms with van der Waals surface area (Å²) in [6, 6.07) is 13.1. The zero-order valence-corrected chi connectivity index (χ0v) is 18.6. The molecular weight excluding hydrogens is 414 g/mol. The lowest BCUT2D eigenvalue weighted by molar-refractivity contribution is 0.521. The summed E-state index contributed by atoms with van der Waals surface area (Å²) >= 11 is 8.28. The highest BCUT2D eigenvalue weighted by atomic mass is 35.5. The molecule has 0 saturated heterocycles. The van der Waals surface area contributed by atoms with E-state index in [9.17, 15) is 8.42 Å². The van der Waals surface area contributed by atoms with Gasteiger partial charge in [-0.2, -0.15) is 0 Å². The number of rotatable bonds is 6. The van der Waals surface area contributed by atoms with E-state index in [4.69, 9.17) is 11.6 Å². The van der Waals surface area contributed by atoms with Crippen LogP contribution in [0.4, 0.5) is 0 Å². The number of aromatic nitrogens is 2. The second kappa shape index (κ2) is 8.29. The van der Waals surface area contributed by atoms with E-state index >= 15 is 0 Å². The maximum atomic E-state index is 12.4. The van der Waals surface area contributed by atoms with Gasteiger partial charge in [-0.1, -0.05) is 23.7 Å². The third kappa shape index (κ3) is 3.98. The summed E-state index contributed by atoms with van der Waals surface area (Å²) < 4.78 is 28.0. The maximum Gasteiger partial charge on any atom is 0.242 e. The topological polar surface area (TPSA) is 55.2 Å². The number of thioether (sulfide) groups is 1. The third-order valence-electron chi connectivity index (χ3n) is 4.44. The van der Waals surface area contributed by atoms with E-state index in [0.717, 1.165) is 11.1 Å². The van der Waals surface area contributed by atoms with Crippen LogP contribution in [0.3, 0.4) is 0 Å². The Morgan fingerprint density at radius 3 is 2.46 bits per heavy atom. The molecule has 0 aliphatic rings. The van der Waals surface area contributed by atoms with Crippen molar-refractivity contribution in [3.05, 3.63) is 53.9 Å². The fourth-order valence-electron chi connectivity index (χ4n) is 2.89. The predicted molar refractivity (Wildman–Crippen MR) is 118 cm³/mol. The number of aryl methyl sites for hydroxylation is 1. The van der Waals surface area contributed by atoms with Crippen molar-refractivity contribution in [2.45, 2.75) is 23.3 Å². The lowest BCUT2D eigenvalue weighted by Crippen LogP contribution is -2.22.